The van der Waals surface area contributed by atoms with E-state index >= 15 is 0 Å². The standard InChI is InChI=1S/C21H23N5O4.CH4O3S/c1-4-24(5-2)10-11-25-17-8-9-18(26(28)29)21-19(17)20(23-25)15-12-14(30-13(3)27)6-7-16(15)22-21;1-5(2,3)4/h6-9,12,22H,4-5,10-11H2,1-3H3;1H3,(H,2,3,4). The Bertz CT molecular complexity index is 1370. The smallest absolute Gasteiger partial charge is 0.308 e. The molecule has 0 saturated carbocycles. The van der Waals surface area contributed by atoms with Crippen LogP contribution in [0.5, 0.6) is 5.75 Å². The molecule has 2 aromatic carbocycles. The summed E-state index contributed by atoms with van der Waals surface area (Å²) in [6, 6.07) is 8.40. The maximum absolute atomic E-state index is 11.6. The molecule has 0 atom stereocenters. The monoisotopic (exact) mass is 505 g/mol. The van der Waals surface area contributed by atoms with Gasteiger partial charge in [-0.3, -0.25) is 24.1 Å². The van der Waals surface area contributed by atoms with Crippen molar-refractivity contribution in [2.75, 3.05) is 31.2 Å². The zero-order valence-electron chi connectivity index (χ0n) is 19.8. The fourth-order valence-corrected chi connectivity index (χ4v) is 3.87. The summed E-state index contributed by atoms with van der Waals surface area (Å²) < 4.78 is 33.0. The van der Waals surface area contributed by atoms with Gasteiger partial charge in [0, 0.05) is 30.8 Å². The molecular weight excluding hydrogens is 478 g/mol. The van der Waals surface area contributed by atoms with Gasteiger partial charge in [0.1, 0.15) is 17.1 Å². The summed E-state index contributed by atoms with van der Waals surface area (Å²) in [5, 5.41) is 20.3. The van der Waals surface area contributed by atoms with Gasteiger partial charge in [-0.2, -0.15) is 13.5 Å². The number of aromatic nitrogens is 2. The molecule has 35 heavy (non-hydrogen) atoms. The molecule has 0 radical (unpaired) electrons. The van der Waals surface area contributed by atoms with Crippen LogP contribution in [0.1, 0.15) is 20.8 Å². The third kappa shape index (κ3) is 6.12. The number of nitro benzene ring substituents is 1. The lowest BCUT2D eigenvalue weighted by molar-refractivity contribution is -0.383. The molecule has 12 nitrogen and oxygen atoms in total. The van der Waals surface area contributed by atoms with Crippen LogP contribution in [0.15, 0.2) is 30.3 Å². The first kappa shape index (κ1) is 26.1. The van der Waals surface area contributed by atoms with E-state index in [9.17, 15) is 23.3 Å². The third-order valence-electron chi connectivity index (χ3n) is 5.38. The van der Waals surface area contributed by atoms with Crippen LogP contribution < -0.4 is 10.1 Å². The lowest BCUT2D eigenvalue weighted by atomic mass is 9.99. The molecule has 0 amide bonds. The Labute approximate surface area is 202 Å². The number of nitrogens with one attached hydrogen (secondary N) is 1. The number of ether oxygens (including phenoxy) is 1. The number of carbonyl (C=O) groups excluding carboxylic acids is 1. The summed E-state index contributed by atoms with van der Waals surface area (Å²) in [6.45, 7) is 8.93. The molecule has 0 spiro atoms. The average molecular weight is 506 g/mol. The van der Waals surface area contributed by atoms with E-state index in [-0.39, 0.29) is 5.69 Å². The van der Waals surface area contributed by atoms with Crippen LogP contribution in [0.3, 0.4) is 0 Å². The second kappa shape index (κ2) is 10.4. The number of nitro groups is 1. The van der Waals surface area contributed by atoms with E-state index in [2.05, 4.69) is 24.1 Å². The lowest BCUT2D eigenvalue weighted by Crippen LogP contribution is -2.27. The van der Waals surface area contributed by atoms with E-state index in [1.165, 1.54) is 13.0 Å². The van der Waals surface area contributed by atoms with E-state index < -0.39 is 21.0 Å². The van der Waals surface area contributed by atoms with Gasteiger partial charge in [0.05, 0.1) is 28.6 Å². The molecule has 2 N–H and O–H groups in total. The molecule has 188 valence electrons. The average Bonchev–Trinajstić information content (AvgIpc) is 3.13. The van der Waals surface area contributed by atoms with Gasteiger partial charge in [-0.1, -0.05) is 13.8 Å². The Morgan fingerprint density at radius 2 is 1.91 bits per heavy atom. The number of esters is 1. The zero-order valence-corrected chi connectivity index (χ0v) is 20.6. The first-order valence-electron chi connectivity index (χ1n) is 10.9. The van der Waals surface area contributed by atoms with Gasteiger partial charge in [-0.05, 0) is 37.4 Å². The molecule has 0 aliphatic carbocycles. The summed E-state index contributed by atoms with van der Waals surface area (Å²) in [5.41, 5.74) is 3.34. The molecule has 0 unspecified atom stereocenters. The van der Waals surface area contributed by atoms with Crippen molar-refractivity contribution >= 4 is 44.1 Å². The van der Waals surface area contributed by atoms with E-state index in [4.69, 9.17) is 14.4 Å². The second-order valence-electron chi connectivity index (χ2n) is 7.87. The Morgan fingerprint density at radius 3 is 2.49 bits per heavy atom. The van der Waals surface area contributed by atoms with E-state index in [1.807, 2.05) is 4.68 Å². The number of rotatable bonds is 7. The number of fused-ring (bicyclic) bond motifs is 2. The number of likely N-dealkylation sites (N-methyl/N-ethyl adjacent to an activating group) is 1. The van der Waals surface area contributed by atoms with Crippen molar-refractivity contribution < 1.29 is 27.4 Å². The molecule has 13 heteroatoms. The van der Waals surface area contributed by atoms with Gasteiger partial charge in [0.15, 0.2) is 0 Å². The van der Waals surface area contributed by atoms with Crippen molar-refractivity contribution in [3.63, 3.8) is 0 Å². The minimum atomic E-state index is -3.67. The molecule has 0 bridgehead atoms. The lowest BCUT2D eigenvalue weighted by Gasteiger charge is -2.18. The molecule has 0 saturated heterocycles. The van der Waals surface area contributed by atoms with Gasteiger partial charge in [-0.15, -0.1) is 0 Å². The van der Waals surface area contributed by atoms with Gasteiger partial charge in [0.25, 0.3) is 15.8 Å². The predicted octanol–water partition coefficient (Wildman–Crippen LogP) is 3.44. The van der Waals surface area contributed by atoms with E-state index in [1.54, 1.807) is 24.3 Å². The summed E-state index contributed by atoms with van der Waals surface area (Å²) in [5.74, 6) is -0.00701. The predicted molar refractivity (Wildman–Crippen MR) is 132 cm³/mol. The van der Waals surface area contributed by atoms with E-state index in [0.29, 0.717) is 41.0 Å². The number of carbonyl (C=O) groups is 1. The maximum atomic E-state index is 11.6. The van der Waals surface area contributed by atoms with Crippen LogP contribution >= 0.6 is 0 Å². The molecule has 1 aliphatic heterocycles. The van der Waals surface area contributed by atoms with Crippen molar-refractivity contribution in [1.82, 2.24) is 14.7 Å². The maximum Gasteiger partial charge on any atom is 0.308 e. The topological polar surface area (TPSA) is 157 Å². The Morgan fingerprint density at radius 1 is 1.26 bits per heavy atom. The highest BCUT2D eigenvalue weighted by atomic mass is 32.2. The first-order valence-corrected chi connectivity index (χ1v) is 12.7. The Balaban J connectivity index is 0.000000623. The minimum absolute atomic E-state index is 0.00163. The Hall–Kier alpha value is -3.55. The van der Waals surface area contributed by atoms with Crippen molar-refractivity contribution in [3.8, 4) is 17.0 Å². The second-order valence-corrected chi connectivity index (χ2v) is 9.33. The minimum Gasteiger partial charge on any atom is -0.427 e. The number of hydrogen-bond acceptors (Lipinski definition) is 9. The van der Waals surface area contributed by atoms with Crippen LogP contribution in [0.4, 0.5) is 17.1 Å². The van der Waals surface area contributed by atoms with Crippen LogP contribution in [0, 0.1) is 10.1 Å². The summed E-state index contributed by atoms with van der Waals surface area (Å²) >= 11 is 0. The molecule has 4 rings (SSSR count). The van der Waals surface area contributed by atoms with Gasteiger partial charge >= 0.3 is 5.97 Å². The van der Waals surface area contributed by atoms with Gasteiger partial charge < -0.3 is 15.0 Å². The SMILES string of the molecule is CCN(CC)CCn1nc2c3c(c([N+](=O)[O-])ccc31)Nc1ccc(OC(C)=O)cc1-2.CS(=O)(=O)O. The highest BCUT2D eigenvalue weighted by Gasteiger charge is 2.29. The highest BCUT2D eigenvalue weighted by molar-refractivity contribution is 7.85. The summed E-state index contributed by atoms with van der Waals surface area (Å²) in [4.78, 5) is 24.9. The number of benzene rings is 2. The van der Waals surface area contributed by atoms with Gasteiger partial charge in [0.2, 0.25) is 0 Å². The normalized spacial score (nSPS) is 11.9. The first-order chi connectivity index (χ1) is 16.4. The van der Waals surface area contributed by atoms with Crippen LogP contribution in [0.2, 0.25) is 0 Å². The number of hydrogen-bond donors (Lipinski definition) is 2. The van der Waals surface area contributed by atoms with Crippen LogP contribution in [-0.2, 0) is 21.5 Å². The molecule has 1 aromatic heterocycles. The number of anilines is 2. The molecule has 3 aromatic rings. The summed E-state index contributed by atoms with van der Waals surface area (Å²) in [6.07, 6.45) is 0.715. The fraction of sp³-hybridized carbons (Fsp3) is 0.364. The van der Waals surface area contributed by atoms with Crippen LogP contribution in [-0.4, -0.2) is 64.4 Å². The van der Waals surface area contributed by atoms with Crippen molar-refractivity contribution in [2.24, 2.45) is 0 Å². The van der Waals surface area contributed by atoms with E-state index in [0.717, 1.165) is 30.7 Å². The van der Waals surface area contributed by atoms with Crippen molar-refractivity contribution in [3.05, 3.63) is 40.4 Å². The number of nitrogens with zero attached hydrogens (tertiary/aromatic N) is 4. The molecule has 2 heterocycles. The quantitative estimate of drug-likeness (QED) is 0.125. The molecule has 0 fully saturated rings. The fourth-order valence-electron chi connectivity index (χ4n) is 3.87. The van der Waals surface area contributed by atoms with Crippen LogP contribution in [0.25, 0.3) is 22.2 Å². The van der Waals surface area contributed by atoms with Crippen molar-refractivity contribution in [1.29, 1.82) is 0 Å². The highest BCUT2D eigenvalue weighted by Crippen LogP contribution is 2.47. The van der Waals surface area contributed by atoms with Gasteiger partial charge in [-0.25, -0.2) is 0 Å². The molecule has 1 aliphatic rings. The largest absolute Gasteiger partial charge is 0.427 e. The Kier molecular flexibility index (Phi) is 7.73. The van der Waals surface area contributed by atoms with Crippen molar-refractivity contribution in [2.45, 2.75) is 27.3 Å². The third-order valence-corrected chi connectivity index (χ3v) is 5.38. The summed E-state index contributed by atoms with van der Waals surface area (Å²) in [7, 11) is -3.67. The molecular formula is C22H27N5O7S. The zero-order chi connectivity index (χ0) is 25.9.